The molecule has 0 saturated heterocycles. The molecule has 0 unspecified atom stereocenters. The van der Waals surface area contributed by atoms with Gasteiger partial charge in [0, 0.05) is 0 Å². The molecule has 0 saturated carbocycles. The number of benzene rings is 2. The number of hydrogen-bond donors (Lipinski definition) is 0. The van der Waals surface area contributed by atoms with Crippen LogP contribution in [0.2, 0.25) is 0 Å². The molecule has 0 nitrogen and oxygen atoms in total. The van der Waals surface area contributed by atoms with Crippen LogP contribution in [0.1, 0.15) is 0 Å². The molecule has 0 atom stereocenters. The minimum absolute atomic E-state index is 1.24. The van der Waals surface area contributed by atoms with E-state index in [0.29, 0.717) is 0 Å². The van der Waals surface area contributed by atoms with Crippen molar-refractivity contribution < 1.29 is 0 Å². The predicted molar refractivity (Wildman–Crippen MR) is 107 cm³/mol. The van der Waals surface area contributed by atoms with Gasteiger partial charge in [0.25, 0.3) is 0 Å². The summed E-state index contributed by atoms with van der Waals surface area (Å²) in [5, 5.41) is 2.48. The van der Waals surface area contributed by atoms with Gasteiger partial charge in [-0.2, -0.15) is 0 Å². The van der Waals surface area contributed by atoms with Crippen LogP contribution in [0.3, 0.4) is 0 Å². The second-order valence-corrected chi connectivity index (χ2v) is 30.2. The van der Waals surface area contributed by atoms with Gasteiger partial charge in [-0.05, 0) is 0 Å². The molecule has 0 fully saturated rings. The van der Waals surface area contributed by atoms with Crippen LogP contribution in [-0.2, 0) is 0 Å². The van der Waals surface area contributed by atoms with E-state index in [2.05, 4.69) is 37.4 Å². The lowest BCUT2D eigenvalue weighted by Crippen LogP contribution is -2.71. The molecule has 0 aliphatic heterocycles. The van der Waals surface area contributed by atoms with Gasteiger partial charge in [-0.15, -0.1) is 46.4 Å². The summed E-state index contributed by atoms with van der Waals surface area (Å²) in [6, 6.07) is 20.7. The van der Waals surface area contributed by atoms with Crippen LogP contribution in [0.4, 0.5) is 0 Å². The first-order chi connectivity index (χ1) is 10.5. The average molecular weight is 399 g/mol. The Bertz CT molecular complexity index is 591. The Morgan fingerprint density at radius 2 is 1.09 bits per heavy atom. The van der Waals surface area contributed by atoms with Crippen molar-refractivity contribution in [2.45, 2.75) is 0 Å². The summed E-state index contributed by atoms with van der Waals surface area (Å²) in [7, 11) is -3.78. The molecule has 2 rings (SSSR count). The monoisotopic (exact) mass is 397 g/mol. The van der Waals surface area contributed by atoms with Crippen molar-refractivity contribution in [3.63, 3.8) is 0 Å². The number of hydrogen-bond acceptors (Lipinski definition) is 0. The molecule has 1 radical (unpaired) electrons. The molecule has 0 aliphatic carbocycles. The molecule has 0 spiro atoms. The van der Waals surface area contributed by atoms with Crippen molar-refractivity contribution in [1.82, 2.24) is 0 Å². The second kappa shape index (κ2) is 7.34. The van der Waals surface area contributed by atoms with Gasteiger partial charge in [-0.1, -0.05) is 82.4 Å². The predicted octanol–water partition coefficient (Wildman–Crippen LogP) is 4.01. The fourth-order valence-electron chi connectivity index (χ4n) is 2.51. The smallest absolute Gasteiger partial charge is 0.129 e. The number of rotatable bonds is 6. The van der Waals surface area contributed by atoms with Crippen LogP contribution in [0.25, 0.3) is 0 Å². The van der Waals surface area contributed by atoms with E-state index >= 15 is 0 Å². The third-order valence-electron chi connectivity index (χ3n) is 3.65. The highest BCUT2D eigenvalue weighted by atomic mass is 35.8. The van der Waals surface area contributed by atoms with Gasteiger partial charge in [0.15, 0.2) is 0 Å². The van der Waals surface area contributed by atoms with E-state index in [0.717, 1.165) is 0 Å². The van der Waals surface area contributed by atoms with Crippen molar-refractivity contribution >= 4 is 64.6 Å². The fraction of sp³-hybridized carbons (Fsp3) is 0. The highest BCUT2D eigenvalue weighted by molar-refractivity contribution is 8.00. The third kappa shape index (κ3) is 3.35. The summed E-state index contributed by atoms with van der Waals surface area (Å²) < 4.78 is 0. The van der Waals surface area contributed by atoms with Gasteiger partial charge < -0.3 is 0 Å². The summed E-state index contributed by atoms with van der Waals surface area (Å²) in [4.78, 5) is 0. The molecule has 0 bridgehead atoms. The molecule has 22 heavy (non-hydrogen) atoms. The largest absolute Gasteiger partial charge is 0.331 e. The highest BCUT2D eigenvalue weighted by Crippen LogP contribution is 2.34. The van der Waals surface area contributed by atoms with E-state index in [1.54, 1.807) is 0 Å². The Kier molecular flexibility index (Phi) is 5.94. The fourth-order valence-corrected chi connectivity index (χ4v) is 30.5. The molecule has 0 N–H and O–H groups in total. The lowest BCUT2D eigenvalue weighted by atomic mass is 10.4. The Morgan fingerprint density at radius 3 is 1.36 bits per heavy atom. The third-order valence-corrected chi connectivity index (χ3v) is 36.4. The zero-order valence-corrected chi connectivity index (χ0v) is 17.2. The first-order valence-electron chi connectivity index (χ1n) is 6.78. The maximum Gasteiger partial charge on any atom is 0.331 e. The molecule has 6 heteroatoms. The zero-order valence-electron chi connectivity index (χ0n) is 12.0. The summed E-state index contributed by atoms with van der Waals surface area (Å²) in [6.07, 6.45) is 0. The normalized spacial score (nSPS) is 12.2. The Labute approximate surface area is 149 Å². The van der Waals surface area contributed by atoms with E-state index < -0.39 is 20.9 Å². The van der Waals surface area contributed by atoms with E-state index in [4.69, 9.17) is 33.2 Å². The van der Waals surface area contributed by atoms with E-state index in [-0.39, 0.29) is 0 Å². The molecule has 0 aromatic heterocycles. The Morgan fingerprint density at radius 1 is 0.727 bits per heavy atom. The second-order valence-electron chi connectivity index (χ2n) is 4.88. The summed E-state index contributed by atoms with van der Waals surface area (Å²) in [6.45, 7) is 8.08. The van der Waals surface area contributed by atoms with Gasteiger partial charge in [-0.25, -0.2) is 0 Å². The van der Waals surface area contributed by atoms with Crippen LogP contribution in [0.15, 0.2) is 85.2 Å². The SMILES string of the molecule is C=C[Si](C=C)([Si](c1ccccc1)c1ccccc1)[Si](Cl)(Cl)Cl. The Hall–Kier alpha value is -0.559. The van der Waals surface area contributed by atoms with E-state index in [1.807, 2.05) is 47.8 Å². The van der Waals surface area contributed by atoms with Gasteiger partial charge in [0.1, 0.15) is 15.4 Å². The van der Waals surface area contributed by atoms with Crippen LogP contribution in [0.5, 0.6) is 0 Å². The van der Waals surface area contributed by atoms with Crippen molar-refractivity contribution in [3.05, 3.63) is 85.2 Å². The van der Waals surface area contributed by atoms with Crippen LogP contribution in [-0.4, -0.2) is 20.9 Å². The van der Waals surface area contributed by atoms with Crippen LogP contribution < -0.4 is 10.4 Å². The zero-order chi connectivity index (χ0) is 16.2. The Balaban J connectivity index is 2.73. The standard InChI is InChI=1S/C16H16Cl3Si3/c1-3-21(4-2,22(17,18)19)20(15-11-7-5-8-12-15)16-13-9-6-10-14-16/h3-14H,1-2H2. The molecular weight excluding hydrogens is 383 g/mol. The van der Waals surface area contributed by atoms with Crippen molar-refractivity contribution in [3.8, 4) is 0 Å². The lowest BCUT2D eigenvalue weighted by Gasteiger charge is -2.37. The van der Waals surface area contributed by atoms with Crippen molar-refractivity contribution in [2.24, 2.45) is 0 Å². The van der Waals surface area contributed by atoms with Crippen molar-refractivity contribution in [2.75, 3.05) is 0 Å². The summed E-state index contributed by atoms with van der Waals surface area (Å²) in [5.74, 6) is 0. The maximum absolute atomic E-state index is 6.57. The molecule has 2 aromatic rings. The topological polar surface area (TPSA) is 0 Å². The van der Waals surface area contributed by atoms with Crippen LogP contribution >= 0.6 is 33.2 Å². The molecule has 2 aromatic carbocycles. The van der Waals surface area contributed by atoms with Crippen LogP contribution in [0, 0.1) is 0 Å². The molecule has 0 heterocycles. The van der Waals surface area contributed by atoms with Gasteiger partial charge in [-0.3, -0.25) is 0 Å². The highest BCUT2D eigenvalue weighted by Gasteiger charge is 2.56. The minimum Gasteiger partial charge on any atom is -0.129 e. The first kappa shape index (κ1) is 17.8. The summed E-state index contributed by atoms with van der Waals surface area (Å²) in [5.41, 5.74) is 0.847. The van der Waals surface area contributed by atoms with Gasteiger partial charge in [0.05, 0.1) is 0 Å². The molecule has 0 aliphatic rings. The van der Waals surface area contributed by atoms with Gasteiger partial charge >= 0.3 is 5.52 Å². The minimum atomic E-state index is -3.00. The molecule has 113 valence electrons. The number of halogens is 3. The average Bonchev–Trinajstić information content (AvgIpc) is 2.53. The maximum atomic E-state index is 6.57. The van der Waals surface area contributed by atoms with E-state index in [1.165, 1.54) is 10.4 Å². The van der Waals surface area contributed by atoms with E-state index in [9.17, 15) is 0 Å². The molecule has 0 amide bonds. The van der Waals surface area contributed by atoms with Gasteiger partial charge in [0.2, 0.25) is 0 Å². The quantitative estimate of drug-likeness (QED) is 0.509. The van der Waals surface area contributed by atoms with Crippen molar-refractivity contribution in [1.29, 1.82) is 0 Å². The molecular formula is C16H16Cl3Si3. The summed E-state index contributed by atoms with van der Waals surface area (Å²) >= 11 is 19.7. The first-order valence-corrected chi connectivity index (χ1v) is 17.5. The lowest BCUT2D eigenvalue weighted by molar-refractivity contribution is 1.74.